The lowest BCUT2D eigenvalue weighted by Gasteiger charge is -2.26. The Morgan fingerprint density at radius 2 is 1.85 bits per heavy atom. The smallest absolute Gasteiger partial charge is 0.172 e. The number of methoxy groups -OCH3 is 2. The lowest BCUT2D eigenvalue weighted by Crippen LogP contribution is -2.32. The van der Waals surface area contributed by atoms with Crippen molar-refractivity contribution >= 4 is 11.5 Å². The van der Waals surface area contributed by atoms with Gasteiger partial charge >= 0.3 is 0 Å². The third kappa shape index (κ3) is 4.40. The zero-order valence-corrected chi connectivity index (χ0v) is 12.3. The van der Waals surface area contributed by atoms with Gasteiger partial charge in [0.25, 0.3) is 0 Å². The average molecular weight is 281 g/mol. The molecule has 0 saturated carbocycles. The monoisotopic (exact) mass is 281 g/mol. The number of ether oxygens (including phenoxy) is 2. The van der Waals surface area contributed by atoms with Crippen molar-refractivity contribution in [2.45, 2.75) is 6.92 Å². The van der Waals surface area contributed by atoms with Gasteiger partial charge in [0.1, 0.15) is 0 Å². The van der Waals surface area contributed by atoms with Crippen LogP contribution in [0.3, 0.4) is 0 Å². The summed E-state index contributed by atoms with van der Waals surface area (Å²) in [4.78, 5) is 2.10. The summed E-state index contributed by atoms with van der Waals surface area (Å²) in [6.07, 6.45) is 0. The Kier molecular flexibility index (Phi) is 6.83. The number of hydrogen-bond donors (Lipinski definition) is 2. The third-order valence-corrected chi connectivity index (χ3v) is 3.01. The Morgan fingerprint density at radius 1 is 1.25 bits per heavy atom. The minimum absolute atomic E-state index is 0.100. The third-order valence-electron chi connectivity index (χ3n) is 3.01. The van der Waals surface area contributed by atoms with E-state index in [2.05, 4.69) is 10.1 Å². The summed E-state index contributed by atoms with van der Waals surface area (Å²) in [5, 5.41) is 12.0. The van der Waals surface area contributed by atoms with Crippen molar-refractivity contribution in [1.29, 1.82) is 0 Å². The van der Waals surface area contributed by atoms with Crippen LogP contribution in [-0.4, -0.2) is 51.6 Å². The quantitative estimate of drug-likeness (QED) is 0.324. The molecule has 6 nitrogen and oxygen atoms in total. The molecule has 0 aliphatic heterocycles. The zero-order chi connectivity index (χ0) is 15.0. The van der Waals surface area contributed by atoms with E-state index in [0.29, 0.717) is 31.9 Å². The molecule has 1 aromatic carbocycles. The van der Waals surface area contributed by atoms with Crippen LogP contribution in [-0.2, 0) is 9.47 Å². The normalized spacial score (nSPS) is 11.7. The van der Waals surface area contributed by atoms with Crippen molar-refractivity contribution in [1.82, 2.24) is 0 Å². The van der Waals surface area contributed by atoms with Gasteiger partial charge in [0.15, 0.2) is 5.84 Å². The van der Waals surface area contributed by atoms with Crippen LogP contribution >= 0.6 is 0 Å². The van der Waals surface area contributed by atoms with Crippen molar-refractivity contribution in [3.8, 4) is 0 Å². The Balaban J connectivity index is 3.10. The van der Waals surface area contributed by atoms with Gasteiger partial charge in [-0.25, -0.2) is 0 Å². The molecule has 112 valence electrons. The largest absolute Gasteiger partial charge is 0.409 e. The maximum Gasteiger partial charge on any atom is 0.172 e. The molecule has 0 saturated heterocycles. The first-order valence-electron chi connectivity index (χ1n) is 6.45. The topological polar surface area (TPSA) is 80.3 Å². The number of amidine groups is 1. The van der Waals surface area contributed by atoms with Gasteiger partial charge in [-0.15, -0.1) is 0 Å². The number of anilines is 1. The summed E-state index contributed by atoms with van der Waals surface area (Å²) in [5.41, 5.74) is 8.43. The summed E-state index contributed by atoms with van der Waals surface area (Å²) in [6.45, 7) is 4.55. The molecular formula is C14H23N3O3. The zero-order valence-electron chi connectivity index (χ0n) is 12.3. The molecule has 3 N–H and O–H groups in total. The Hall–Kier alpha value is -1.79. The van der Waals surface area contributed by atoms with Crippen molar-refractivity contribution in [2.75, 3.05) is 45.4 Å². The van der Waals surface area contributed by atoms with Gasteiger partial charge in [0.2, 0.25) is 0 Å². The molecule has 0 fully saturated rings. The number of aryl methyl sites for hydroxylation is 1. The fourth-order valence-electron chi connectivity index (χ4n) is 1.94. The molecule has 0 heterocycles. The summed E-state index contributed by atoms with van der Waals surface area (Å²) in [7, 11) is 3.32. The SMILES string of the molecule is COCCN(CCOC)c1ccc(C)cc1/C(N)=N/O. The van der Waals surface area contributed by atoms with E-state index >= 15 is 0 Å². The summed E-state index contributed by atoms with van der Waals surface area (Å²) >= 11 is 0. The second kappa shape index (κ2) is 8.39. The van der Waals surface area contributed by atoms with Crippen molar-refractivity contribution in [3.63, 3.8) is 0 Å². The first kappa shape index (κ1) is 16.3. The van der Waals surface area contributed by atoms with E-state index < -0.39 is 0 Å². The maximum atomic E-state index is 8.93. The van der Waals surface area contributed by atoms with E-state index in [4.69, 9.17) is 20.4 Å². The van der Waals surface area contributed by atoms with Gasteiger partial charge in [0, 0.05) is 38.6 Å². The van der Waals surface area contributed by atoms with Crippen LogP contribution in [0.4, 0.5) is 5.69 Å². The minimum atomic E-state index is 0.100. The van der Waals surface area contributed by atoms with Crippen LogP contribution in [0.5, 0.6) is 0 Å². The first-order chi connectivity index (χ1) is 9.63. The molecule has 20 heavy (non-hydrogen) atoms. The number of oxime groups is 1. The highest BCUT2D eigenvalue weighted by molar-refractivity contribution is 6.02. The molecule has 0 amide bonds. The second-order valence-electron chi connectivity index (χ2n) is 4.48. The lowest BCUT2D eigenvalue weighted by atomic mass is 10.1. The highest BCUT2D eigenvalue weighted by Crippen LogP contribution is 2.22. The van der Waals surface area contributed by atoms with Crippen molar-refractivity contribution in [2.24, 2.45) is 10.9 Å². The summed E-state index contributed by atoms with van der Waals surface area (Å²) in [5.74, 6) is 0.100. The van der Waals surface area contributed by atoms with E-state index in [9.17, 15) is 0 Å². The molecule has 0 unspecified atom stereocenters. The van der Waals surface area contributed by atoms with Gasteiger partial charge in [-0.1, -0.05) is 16.8 Å². The number of rotatable bonds is 8. The van der Waals surface area contributed by atoms with Crippen LogP contribution in [0.25, 0.3) is 0 Å². The van der Waals surface area contributed by atoms with Gasteiger partial charge < -0.3 is 25.3 Å². The molecular weight excluding hydrogens is 258 g/mol. The fraction of sp³-hybridized carbons (Fsp3) is 0.500. The van der Waals surface area contributed by atoms with Crippen LogP contribution in [0.2, 0.25) is 0 Å². The number of benzene rings is 1. The Morgan fingerprint density at radius 3 is 2.35 bits per heavy atom. The predicted molar refractivity (Wildman–Crippen MR) is 79.7 cm³/mol. The van der Waals surface area contributed by atoms with Crippen LogP contribution < -0.4 is 10.6 Å². The predicted octanol–water partition coefficient (Wildman–Crippen LogP) is 1.19. The van der Waals surface area contributed by atoms with Gasteiger partial charge in [0.05, 0.1) is 13.2 Å². The highest BCUT2D eigenvalue weighted by Gasteiger charge is 2.14. The van der Waals surface area contributed by atoms with Crippen LogP contribution in [0.1, 0.15) is 11.1 Å². The van der Waals surface area contributed by atoms with Gasteiger partial charge in [-0.2, -0.15) is 0 Å². The van der Waals surface area contributed by atoms with Gasteiger partial charge in [-0.05, 0) is 19.1 Å². The fourth-order valence-corrected chi connectivity index (χ4v) is 1.94. The number of hydrogen-bond acceptors (Lipinski definition) is 5. The summed E-state index contributed by atoms with van der Waals surface area (Å²) < 4.78 is 10.3. The minimum Gasteiger partial charge on any atom is -0.409 e. The van der Waals surface area contributed by atoms with Crippen LogP contribution in [0.15, 0.2) is 23.4 Å². The van der Waals surface area contributed by atoms with E-state index in [1.807, 2.05) is 25.1 Å². The highest BCUT2D eigenvalue weighted by atomic mass is 16.5. The summed E-state index contributed by atoms with van der Waals surface area (Å²) in [6, 6.07) is 5.86. The first-order valence-corrected chi connectivity index (χ1v) is 6.45. The van der Waals surface area contributed by atoms with Gasteiger partial charge in [-0.3, -0.25) is 0 Å². The van der Waals surface area contributed by atoms with E-state index in [-0.39, 0.29) is 5.84 Å². The molecule has 0 atom stereocenters. The number of nitrogens with zero attached hydrogens (tertiary/aromatic N) is 2. The average Bonchev–Trinajstić information content (AvgIpc) is 2.47. The molecule has 0 bridgehead atoms. The molecule has 6 heteroatoms. The molecule has 0 radical (unpaired) electrons. The Bertz CT molecular complexity index is 441. The van der Waals surface area contributed by atoms with E-state index in [1.165, 1.54) is 0 Å². The molecule has 0 aliphatic carbocycles. The van der Waals surface area contributed by atoms with Crippen molar-refractivity contribution < 1.29 is 14.7 Å². The van der Waals surface area contributed by atoms with E-state index in [0.717, 1.165) is 11.3 Å². The van der Waals surface area contributed by atoms with Crippen LogP contribution in [0, 0.1) is 6.92 Å². The lowest BCUT2D eigenvalue weighted by molar-refractivity contribution is 0.190. The molecule has 1 aromatic rings. The Labute approximate surface area is 119 Å². The standard InChI is InChI=1S/C14H23N3O3/c1-11-4-5-13(12(10-11)14(15)16-18)17(6-8-19-2)7-9-20-3/h4-5,10,18H,6-9H2,1-3H3,(H2,15,16). The second-order valence-corrected chi connectivity index (χ2v) is 4.48. The molecule has 0 aliphatic rings. The molecule has 0 aromatic heterocycles. The van der Waals surface area contributed by atoms with E-state index in [1.54, 1.807) is 14.2 Å². The van der Waals surface area contributed by atoms with Crippen molar-refractivity contribution in [3.05, 3.63) is 29.3 Å². The molecule has 0 spiro atoms. The number of nitrogens with two attached hydrogens (primary N) is 1. The molecule has 1 rings (SSSR count). The maximum absolute atomic E-state index is 8.93.